The fourth-order valence-electron chi connectivity index (χ4n) is 4.13. The van der Waals surface area contributed by atoms with Gasteiger partial charge in [-0.15, -0.1) is 11.3 Å². The largest absolute Gasteiger partial charge is 0.419 e. The normalized spacial score (nSPS) is 15.6. The third kappa shape index (κ3) is 5.30. The molecule has 0 fully saturated rings. The predicted octanol–water partition coefficient (Wildman–Crippen LogP) is 5.48. The van der Waals surface area contributed by atoms with Crippen molar-refractivity contribution in [3.63, 3.8) is 0 Å². The van der Waals surface area contributed by atoms with E-state index in [0.717, 1.165) is 23.6 Å². The molecule has 178 valence electrons. The van der Waals surface area contributed by atoms with E-state index >= 15 is 0 Å². The summed E-state index contributed by atoms with van der Waals surface area (Å²) in [5, 5.41) is 4.53. The molecule has 0 bridgehead atoms. The molecule has 0 saturated carbocycles. The van der Waals surface area contributed by atoms with Gasteiger partial charge in [0.25, 0.3) is 0 Å². The van der Waals surface area contributed by atoms with Gasteiger partial charge in [-0.3, -0.25) is 9.59 Å². The number of amides is 2. The Hall–Kier alpha value is -3.20. The average molecular weight is 491 g/mol. The van der Waals surface area contributed by atoms with Crippen molar-refractivity contribution < 1.29 is 27.2 Å². The Morgan fingerprint density at radius 3 is 2.56 bits per heavy atom. The van der Waals surface area contributed by atoms with Crippen LogP contribution in [-0.2, 0) is 28.7 Å². The molecule has 2 amide bonds. The summed E-state index contributed by atoms with van der Waals surface area (Å²) in [5.41, 5.74) is 0.839. The highest BCUT2D eigenvalue weighted by Gasteiger charge is 2.34. The fraction of sp³-hybridized carbons (Fsp3) is 0.280. The topological polar surface area (TPSA) is 49.4 Å². The second-order valence-electron chi connectivity index (χ2n) is 8.04. The van der Waals surface area contributed by atoms with E-state index in [0.29, 0.717) is 12.6 Å². The smallest absolute Gasteiger partial charge is 0.352 e. The standard InChI is InChI=1S/C25H22F4N2O2S/c26-20-7-6-16(14-19(20)25(27,28)29)15-30-22(32)8-9-23(33)31-12-10-21-18(11-13-34-21)24(31)17-4-2-1-3-5-17/h1-7,11,13-14,24H,8-10,12,15H2,(H,30,32). The molecule has 1 unspecified atom stereocenters. The molecule has 3 aromatic rings. The van der Waals surface area contributed by atoms with E-state index in [1.165, 1.54) is 10.9 Å². The number of halogens is 4. The monoisotopic (exact) mass is 490 g/mol. The minimum atomic E-state index is -4.82. The number of benzene rings is 2. The van der Waals surface area contributed by atoms with E-state index in [9.17, 15) is 27.2 Å². The van der Waals surface area contributed by atoms with E-state index in [-0.39, 0.29) is 36.9 Å². The van der Waals surface area contributed by atoms with Crippen molar-refractivity contribution in [1.29, 1.82) is 0 Å². The van der Waals surface area contributed by atoms with Crippen LogP contribution < -0.4 is 5.32 Å². The van der Waals surface area contributed by atoms with Gasteiger partial charge in [-0.1, -0.05) is 36.4 Å². The average Bonchev–Trinajstić information content (AvgIpc) is 3.30. The lowest BCUT2D eigenvalue weighted by atomic mass is 9.93. The molecule has 0 aliphatic carbocycles. The number of carbonyl (C=O) groups is 2. The third-order valence-electron chi connectivity index (χ3n) is 5.79. The van der Waals surface area contributed by atoms with E-state index in [1.807, 2.05) is 41.8 Å². The maximum absolute atomic E-state index is 13.4. The number of rotatable bonds is 6. The van der Waals surface area contributed by atoms with E-state index in [4.69, 9.17) is 0 Å². The van der Waals surface area contributed by atoms with Crippen LogP contribution in [0.4, 0.5) is 17.6 Å². The Balaban J connectivity index is 1.37. The van der Waals surface area contributed by atoms with Crippen LogP contribution in [0.3, 0.4) is 0 Å². The van der Waals surface area contributed by atoms with Crippen LogP contribution in [0.2, 0.25) is 0 Å². The van der Waals surface area contributed by atoms with Gasteiger partial charge in [0.05, 0.1) is 11.6 Å². The number of nitrogens with one attached hydrogen (secondary N) is 1. The van der Waals surface area contributed by atoms with Gasteiger partial charge in [0.15, 0.2) is 0 Å². The molecule has 1 atom stereocenters. The summed E-state index contributed by atoms with van der Waals surface area (Å²) in [6.45, 7) is 0.355. The fourth-order valence-corrected chi connectivity index (χ4v) is 5.04. The molecule has 1 aliphatic rings. The second-order valence-corrected chi connectivity index (χ2v) is 9.04. The van der Waals surface area contributed by atoms with Gasteiger partial charge in [0, 0.05) is 30.8 Å². The van der Waals surface area contributed by atoms with Crippen molar-refractivity contribution in [2.75, 3.05) is 6.54 Å². The first-order valence-electron chi connectivity index (χ1n) is 10.8. The lowest BCUT2D eigenvalue weighted by Crippen LogP contribution is -2.40. The Morgan fingerprint density at radius 2 is 1.82 bits per heavy atom. The van der Waals surface area contributed by atoms with Crippen molar-refractivity contribution in [3.8, 4) is 0 Å². The first-order valence-corrected chi connectivity index (χ1v) is 11.6. The van der Waals surface area contributed by atoms with Gasteiger partial charge in [-0.2, -0.15) is 13.2 Å². The van der Waals surface area contributed by atoms with Crippen LogP contribution in [0.15, 0.2) is 60.0 Å². The van der Waals surface area contributed by atoms with Gasteiger partial charge < -0.3 is 10.2 Å². The Kier molecular flexibility index (Phi) is 7.02. The third-order valence-corrected chi connectivity index (χ3v) is 6.79. The summed E-state index contributed by atoms with van der Waals surface area (Å²) in [5.74, 6) is -1.99. The van der Waals surface area contributed by atoms with Crippen LogP contribution in [0, 0.1) is 5.82 Å². The summed E-state index contributed by atoms with van der Waals surface area (Å²) in [6, 6.07) is 14.1. The lowest BCUT2D eigenvalue weighted by Gasteiger charge is -2.36. The van der Waals surface area contributed by atoms with Gasteiger partial charge in [0.1, 0.15) is 5.82 Å². The van der Waals surface area contributed by atoms with Crippen LogP contribution in [0.5, 0.6) is 0 Å². The molecule has 4 nitrogen and oxygen atoms in total. The van der Waals surface area contributed by atoms with Gasteiger partial charge in [0.2, 0.25) is 11.8 Å². The molecule has 0 radical (unpaired) electrons. The highest BCUT2D eigenvalue weighted by molar-refractivity contribution is 7.10. The molecule has 0 spiro atoms. The second kappa shape index (κ2) is 9.97. The molecule has 1 aliphatic heterocycles. The first kappa shape index (κ1) is 23.9. The number of nitrogens with zero attached hydrogens (tertiary/aromatic N) is 1. The minimum absolute atomic E-state index is 0.0220. The zero-order valence-electron chi connectivity index (χ0n) is 18.1. The zero-order chi connectivity index (χ0) is 24.3. The summed E-state index contributed by atoms with van der Waals surface area (Å²) in [7, 11) is 0. The highest BCUT2D eigenvalue weighted by atomic mass is 32.1. The minimum Gasteiger partial charge on any atom is -0.352 e. The number of thiophene rings is 1. The zero-order valence-corrected chi connectivity index (χ0v) is 18.9. The number of hydrogen-bond acceptors (Lipinski definition) is 3. The van der Waals surface area contributed by atoms with Gasteiger partial charge in [-0.25, -0.2) is 4.39 Å². The Bertz CT molecular complexity index is 1180. The van der Waals surface area contributed by atoms with Crippen LogP contribution in [-0.4, -0.2) is 23.3 Å². The summed E-state index contributed by atoms with van der Waals surface area (Å²) >= 11 is 1.67. The van der Waals surface area contributed by atoms with E-state index in [2.05, 4.69) is 5.32 Å². The lowest BCUT2D eigenvalue weighted by molar-refractivity contribution is -0.140. The number of fused-ring (bicyclic) bond motifs is 1. The van der Waals surface area contributed by atoms with Crippen molar-refractivity contribution in [2.24, 2.45) is 0 Å². The van der Waals surface area contributed by atoms with Crippen molar-refractivity contribution in [1.82, 2.24) is 10.2 Å². The molecule has 1 aromatic heterocycles. The number of carbonyl (C=O) groups excluding carboxylic acids is 2. The molecule has 2 aromatic carbocycles. The summed E-state index contributed by atoms with van der Waals surface area (Å²) in [4.78, 5) is 28.4. The van der Waals surface area contributed by atoms with Crippen molar-refractivity contribution >= 4 is 23.2 Å². The van der Waals surface area contributed by atoms with Crippen molar-refractivity contribution in [3.05, 3.63) is 92.9 Å². The first-order chi connectivity index (χ1) is 16.2. The SMILES string of the molecule is O=C(CCC(=O)N1CCc2sccc2C1c1ccccc1)NCc1ccc(F)c(C(F)(F)F)c1. The molecular weight excluding hydrogens is 468 g/mol. The van der Waals surface area contributed by atoms with E-state index in [1.54, 1.807) is 16.2 Å². The van der Waals surface area contributed by atoms with Crippen molar-refractivity contribution in [2.45, 2.75) is 38.0 Å². The number of alkyl halides is 3. The summed E-state index contributed by atoms with van der Waals surface area (Å²) in [6.07, 6.45) is -4.19. The summed E-state index contributed by atoms with van der Waals surface area (Å²) < 4.78 is 52.0. The number of hydrogen-bond donors (Lipinski definition) is 1. The molecule has 4 rings (SSSR count). The van der Waals surface area contributed by atoms with E-state index < -0.39 is 23.5 Å². The van der Waals surface area contributed by atoms with Crippen LogP contribution in [0.1, 0.15) is 46.0 Å². The Morgan fingerprint density at radius 1 is 1.06 bits per heavy atom. The molecular formula is C25H22F4N2O2S. The quantitative estimate of drug-likeness (QED) is 0.466. The molecule has 0 saturated heterocycles. The molecule has 9 heteroatoms. The predicted molar refractivity (Wildman–Crippen MR) is 121 cm³/mol. The van der Waals surface area contributed by atoms with Crippen LogP contribution in [0.25, 0.3) is 0 Å². The molecule has 2 heterocycles. The van der Waals surface area contributed by atoms with Gasteiger partial charge >= 0.3 is 6.18 Å². The van der Waals surface area contributed by atoms with Crippen LogP contribution >= 0.6 is 11.3 Å². The Labute approximate surface area is 198 Å². The maximum atomic E-state index is 13.4. The van der Waals surface area contributed by atoms with Gasteiger partial charge in [-0.05, 0) is 46.7 Å². The highest BCUT2D eigenvalue weighted by Crippen LogP contribution is 2.38. The molecule has 1 N–H and O–H groups in total. The maximum Gasteiger partial charge on any atom is 0.419 e. The molecule has 34 heavy (non-hydrogen) atoms.